The number of aliphatic hydroxyl groups excluding tert-OH is 1. The van der Waals surface area contributed by atoms with Gasteiger partial charge in [-0.3, -0.25) is 4.79 Å². The summed E-state index contributed by atoms with van der Waals surface area (Å²) < 4.78 is 0. The molecule has 1 heterocycles. The number of carbonyl (C=O) groups excluding carboxylic acids is 1. The minimum atomic E-state index is -0.341. The highest BCUT2D eigenvalue weighted by atomic mass is 16.3. The molecule has 3 rings (SSSR count). The number of fused-ring (bicyclic) bond motifs is 1. The highest BCUT2D eigenvalue weighted by Gasteiger charge is 2.26. The topological polar surface area (TPSA) is 40.5 Å². The lowest BCUT2D eigenvalue weighted by Gasteiger charge is -2.27. The number of nitrogens with zero attached hydrogens (tertiary/aromatic N) is 1. The lowest BCUT2D eigenvalue weighted by atomic mass is 9.82. The van der Waals surface area contributed by atoms with E-state index < -0.39 is 0 Å². The van der Waals surface area contributed by atoms with Gasteiger partial charge in [-0.05, 0) is 35.4 Å². The molecule has 0 aromatic heterocycles. The number of hydrogen-bond acceptors (Lipinski definition) is 2. The normalized spacial score (nSPS) is 20.4. The zero-order chi connectivity index (χ0) is 14.8. The van der Waals surface area contributed by atoms with Gasteiger partial charge in [-0.2, -0.15) is 0 Å². The molecule has 0 spiro atoms. The van der Waals surface area contributed by atoms with Crippen LogP contribution in [0.1, 0.15) is 68.2 Å². The Morgan fingerprint density at radius 3 is 2.67 bits per heavy atom. The molecular formula is C18H25NO2. The van der Waals surface area contributed by atoms with E-state index in [4.69, 9.17) is 0 Å². The minimum Gasteiger partial charge on any atom is -0.388 e. The molecule has 1 unspecified atom stereocenters. The lowest BCUT2D eigenvalue weighted by Crippen LogP contribution is -2.24. The number of amides is 1. The Kier molecular flexibility index (Phi) is 4.29. The quantitative estimate of drug-likeness (QED) is 0.923. The fraction of sp³-hybridized carbons (Fsp3) is 0.611. The highest BCUT2D eigenvalue weighted by molar-refractivity contribution is 5.76. The van der Waals surface area contributed by atoms with Crippen molar-refractivity contribution in [1.29, 1.82) is 0 Å². The number of hydrogen-bond donors (Lipinski definition) is 1. The summed E-state index contributed by atoms with van der Waals surface area (Å²) in [6.45, 7) is 3.33. The summed E-state index contributed by atoms with van der Waals surface area (Å²) in [7, 11) is 0. The van der Waals surface area contributed by atoms with Gasteiger partial charge in [0.1, 0.15) is 0 Å². The molecule has 0 bridgehead atoms. The van der Waals surface area contributed by atoms with Crippen LogP contribution in [0.2, 0.25) is 0 Å². The molecule has 1 aliphatic carbocycles. The SMILES string of the molecule is CCC(=O)N1Cc2ccc(C(O)C3CCCCC3)cc2C1. The van der Waals surface area contributed by atoms with Crippen molar-refractivity contribution < 1.29 is 9.90 Å². The van der Waals surface area contributed by atoms with Crippen molar-refractivity contribution in [3.63, 3.8) is 0 Å². The van der Waals surface area contributed by atoms with Crippen LogP contribution in [0, 0.1) is 5.92 Å². The molecule has 3 nitrogen and oxygen atoms in total. The van der Waals surface area contributed by atoms with Gasteiger partial charge in [0.05, 0.1) is 6.10 Å². The monoisotopic (exact) mass is 287 g/mol. The van der Waals surface area contributed by atoms with Gasteiger partial charge in [0, 0.05) is 19.5 Å². The molecule has 1 aliphatic heterocycles. The zero-order valence-electron chi connectivity index (χ0n) is 12.8. The van der Waals surface area contributed by atoms with E-state index in [9.17, 15) is 9.90 Å². The molecule has 1 aromatic rings. The number of carbonyl (C=O) groups is 1. The molecular weight excluding hydrogens is 262 g/mol. The maximum atomic E-state index is 11.8. The van der Waals surface area contributed by atoms with E-state index in [0.717, 1.165) is 24.9 Å². The summed E-state index contributed by atoms with van der Waals surface area (Å²) in [6, 6.07) is 6.27. The van der Waals surface area contributed by atoms with Crippen LogP contribution >= 0.6 is 0 Å². The summed E-state index contributed by atoms with van der Waals surface area (Å²) in [6.07, 6.45) is 6.29. The summed E-state index contributed by atoms with van der Waals surface area (Å²) in [4.78, 5) is 13.7. The molecule has 21 heavy (non-hydrogen) atoms. The third-order valence-electron chi connectivity index (χ3n) is 5.05. The van der Waals surface area contributed by atoms with Crippen molar-refractivity contribution in [2.24, 2.45) is 5.92 Å². The van der Waals surface area contributed by atoms with E-state index in [0.29, 0.717) is 18.9 Å². The second-order valence-electron chi connectivity index (χ2n) is 6.47. The van der Waals surface area contributed by atoms with Crippen LogP contribution in [0.5, 0.6) is 0 Å². The standard InChI is InChI=1S/C18H25NO2/c1-2-17(20)19-11-15-9-8-14(10-16(15)12-19)18(21)13-6-4-3-5-7-13/h8-10,13,18,21H,2-7,11-12H2,1H3. The fourth-order valence-electron chi connectivity index (χ4n) is 3.72. The Balaban J connectivity index is 1.74. The van der Waals surface area contributed by atoms with Crippen molar-refractivity contribution in [3.05, 3.63) is 34.9 Å². The van der Waals surface area contributed by atoms with Gasteiger partial charge in [0.25, 0.3) is 0 Å². The van der Waals surface area contributed by atoms with Crippen molar-refractivity contribution in [1.82, 2.24) is 4.90 Å². The number of aliphatic hydroxyl groups is 1. The van der Waals surface area contributed by atoms with Gasteiger partial charge < -0.3 is 10.0 Å². The summed E-state index contributed by atoms with van der Waals surface area (Å²) >= 11 is 0. The molecule has 0 saturated heterocycles. The molecule has 1 fully saturated rings. The van der Waals surface area contributed by atoms with Gasteiger partial charge in [0.15, 0.2) is 0 Å². The Morgan fingerprint density at radius 2 is 1.95 bits per heavy atom. The van der Waals surface area contributed by atoms with E-state index in [1.54, 1.807) is 0 Å². The third kappa shape index (κ3) is 2.98. The van der Waals surface area contributed by atoms with E-state index in [1.807, 2.05) is 11.8 Å². The summed E-state index contributed by atoms with van der Waals surface area (Å²) in [5, 5.41) is 10.6. The molecule has 1 atom stereocenters. The van der Waals surface area contributed by atoms with E-state index >= 15 is 0 Å². The number of rotatable bonds is 3. The maximum absolute atomic E-state index is 11.8. The zero-order valence-corrected chi connectivity index (χ0v) is 12.8. The third-order valence-corrected chi connectivity index (χ3v) is 5.05. The van der Waals surface area contributed by atoms with Crippen molar-refractivity contribution in [2.75, 3.05) is 0 Å². The molecule has 2 aliphatic rings. The van der Waals surface area contributed by atoms with Crippen LogP contribution in [0.25, 0.3) is 0 Å². The van der Waals surface area contributed by atoms with Crippen molar-refractivity contribution in [3.8, 4) is 0 Å². The molecule has 1 amide bonds. The van der Waals surface area contributed by atoms with Crippen LogP contribution in [0.15, 0.2) is 18.2 Å². The van der Waals surface area contributed by atoms with Crippen LogP contribution < -0.4 is 0 Å². The first kappa shape index (κ1) is 14.6. The fourth-order valence-corrected chi connectivity index (χ4v) is 3.72. The molecule has 1 aromatic carbocycles. The van der Waals surface area contributed by atoms with Crippen LogP contribution in [0.4, 0.5) is 0 Å². The first-order valence-corrected chi connectivity index (χ1v) is 8.26. The molecule has 1 N–H and O–H groups in total. The van der Waals surface area contributed by atoms with Crippen LogP contribution in [0.3, 0.4) is 0 Å². The van der Waals surface area contributed by atoms with Gasteiger partial charge in [-0.1, -0.05) is 44.4 Å². The Morgan fingerprint density at radius 1 is 1.24 bits per heavy atom. The second kappa shape index (κ2) is 6.18. The Hall–Kier alpha value is -1.35. The molecule has 0 radical (unpaired) electrons. The van der Waals surface area contributed by atoms with Crippen molar-refractivity contribution in [2.45, 2.75) is 64.6 Å². The van der Waals surface area contributed by atoms with E-state index in [2.05, 4.69) is 18.2 Å². The van der Waals surface area contributed by atoms with Crippen molar-refractivity contribution >= 4 is 5.91 Å². The summed E-state index contributed by atoms with van der Waals surface area (Å²) in [5.41, 5.74) is 3.48. The highest BCUT2D eigenvalue weighted by Crippen LogP contribution is 2.36. The maximum Gasteiger partial charge on any atom is 0.222 e. The largest absolute Gasteiger partial charge is 0.388 e. The van der Waals surface area contributed by atoms with Crippen LogP contribution in [-0.2, 0) is 17.9 Å². The van der Waals surface area contributed by atoms with Gasteiger partial charge in [-0.25, -0.2) is 0 Å². The summed E-state index contributed by atoms with van der Waals surface area (Å²) in [5.74, 6) is 0.618. The average molecular weight is 287 g/mol. The second-order valence-corrected chi connectivity index (χ2v) is 6.47. The smallest absolute Gasteiger partial charge is 0.222 e. The lowest BCUT2D eigenvalue weighted by molar-refractivity contribution is -0.131. The molecule has 1 saturated carbocycles. The van der Waals surface area contributed by atoms with Gasteiger partial charge >= 0.3 is 0 Å². The predicted molar refractivity (Wildman–Crippen MR) is 82.5 cm³/mol. The Bertz CT molecular complexity index is 520. The molecule has 114 valence electrons. The molecule has 3 heteroatoms. The van der Waals surface area contributed by atoms with Crippen LogP contribution in [-0.4, -0.2) is 15.9 Å². The first-order chi connectivity index (χ1) is 10.2. The Labute approximate surface area is 127 Å². The predicted octanol–water partition coefficient (Wildman–Crippen LogP) is 3.55. The van der Waals surface area contributed by atoms with Gasteiger partial charge in [0.2, 0.25) is 5.91 Å². The first-order valence-electron chi connectivity index (χ1n) is 8.26. The van der Waals surface area contributed by atoms with E-state index in [-0.39, 0.29) is 12.0 Å². The van der Waals surface area contributed by atoms with E-state index in [1.165, 1.54) is 30.4 Å². The number of benzene rings is 1. The van der Waals surface area contributed by atoms with Gasteiger partial charge in [-0.15, -0.1) is 0 Å². The minimum absolute atomic E-state index is 0.209. The average Bonchev–Trinajstić information content (AvgIpc) is 2.97.